The van der Waals surface area contributed by atoms with Crippen LogP contribution in [0.2, 0.25) is 0 Å². The number of unbranched alkanes of at least 4 members (excludes halogenated alkanes) is 1. The van der Waals surface area contributed by atoms with Crippen molar-refractivity contribution in [3.63, 3.8) is 0 Å². The quantitative estimate of drug-likeness (QED) is 0.509. The first-order chi connectivity index (χ1) is 16.1. The molecule has 0 radical (unpaired) electrons. The molecule has 1 aromatic carbocycles. The lowest BCUT2D eigenvalue weighted by molar-refractivity contribution is 0.249. The standard InChI is InChI=1S/C24H33FN6O2/c1-4-29(5-2)14-7-6-13-26-23-27-15-17-16-30(19-9-8-10-20(33-3)21(19)25)24(32)31(18-11-12-18)22(17)28-23/h8-10,15,18H,4-7,11-14,16H2,1-3H3,(H,26,27,28). The van der Waals surface area contributed by atoms with Crippen molar-refractivity contribution in [3.05, 3.63) is 35.8 Å². The fourth-order valence-electron chi connectivity index (χ4n) is 4.18. The van der Waals surface area contributed by atoms with Gasteiger partial charge in [-0.25, -0.2) is 14.2 Å². The normalized spacial score (nSPS) is 15.7. The van der Waals surface area contributed by atoms with Gasteiger partial charge in [-0.05, 0) is 57.5 Å². The summed E-state index contributed by atoms with van der Waals surface area (Å²) in [5, 5.41) is 3.30. The molecule has 2 aromatic rings. The second-order valence-electron chi connectivity index (χ2n) is 8.47. The summed E-state index contributed by atoms with van der Waals surface area (Å²) in [4.78, 5) is 28.1. The number of amides is 2. The van der Waals surface area contributed by atoms with Gasteiger partial charge in [-0.1, -0.05) is 19.9 Å². The number of halogens is 1. The summed E-state index contributed by atoms with van der Waals surface area (Å²) >= 11 is 0. The van der Waals surface area contributed by atoms with Crippen molar-refractivity contribution in [3.8, 4) is 5.75 Å². The molecule has 1 aliphatic heterocycles. The molecule has 0 atom stereocenters. The summed E-state index contributed by atoms with van der Waals surface area (Å²) in [6, 6.07) is 4.65. The second kappa shape index (κ2) is 10.3. The number of anilines is 3. The maximum absolute atomic E-state index is 14.9. The van der Waals surface area contributed by atoms with Crippen LogP contribution in [0.3, 0.4) is 0 Å². The SMILES string of the molecule is CCN(CC)CCCCNc1ncc2c(n1)N(C1CC1)C(=O)N(c1cccc(OC)c1F)C2. The topological polar surface area (TPSA) is 73.8 Å². The van der Waals surface area contributed by atoms with Crippen LogP contribution < -0.4 is 19.9 Å². The number of hydrogen-bond donors (Lipinski definition) is 1. The fourth-order valence-corrected chi connectivity index (χ4v) is 4.18. The van der Waals surface area contributed by atoms with Crippen LogP contribution in [0.25, 0.3) is 0 Å². The minimum absolute atomic E-state index is 0.0875. The van der Waals surface area contributed by atoms with Gasteiger partial charge in [0.25, 0.3) is 0 Å². The zero-order valence-corrected chi connectivity index (χ0v) is 19.7. The van der Waals surface area contributed by atoms with E-state index in [9.17, 15) is 9.18 Å². The number of fused-ring (bicyclic) bond motifs is 1. The molecule has 2 amide bonds. The second-order valence-corrected chi connectivity index (χ2v) is 8.47. The number of carbonyl (C=O) groups is 1. The molecule has 0 saturated heterocycles. The van der Waals surface area contributed by atoms with Gasteiger partial charge in [0.1, 0.15) is 5.82 Å². The largest absolute Gasteiger partial charge is 0.494 e. The van der Waals surface area contributed by atoms with Gasteiger partial charge in [0.05, 0.1) is 19.3 Å². The van der Waals surface area contributed by atoms with E-state index in [1.54, 1.807) is 29.3 Å². The number of nitrogens with zero attached hydrogens (tertiary/aromatic N) is 5. The molecule has 0 bridgehead atoms. The summed E-state index contributed by atoms with van der Waals surface area (Å²) in [7, 11) is 1.41. The monoisotopic (exact) mass is 456 g/mol. The highest BCUT2D eigenvalue weighted by Gasteiger charge is 2.42. The first kappa shape index (κ1) is 23.2. The maximum atomic E-state index is 14.9. The van der Waals surface area contributed by atoms with Crippen molar-refractivity contribution in [2.45, 2.75) is 52.1 Å². The van der Waals surface area contributed by atoms with Gasteiger partial charge >= 0.3 is 6.03 Å². The van der Waals surface area contributed by atoms with Crippen LogP contribution in [0.4, 0.5) is 26.6 Å². The van der Waals surface area contributed by atoms with E-state index in [-0.39, 0.29) is 30.1 Å². The number of carbonyl (C=O) groups excluding carboxylic acids is 1. The summed E-state index contributed by atoms with van der Waals surface area (Å²) in [5.41, 5.74) is 1.00. The van der Waals surface area contributed by atoms with Crippen LogP contribution >= 0.6 is 0 Å². The lowest BCUT2D eigenvalue weighted by Crippen LogP contribution is -2.49. The molecule has 2 aliphatic rings. The van der Waals surface area contributed by atoms with Gasteiger partial charge in [-0.15, -0.1) is 0 Å². The smallest absolute Gasteiger partial charge is 0.330 e. The predicted molar refractivity (Wildman–Crippen MR) is 128 cm³/mol. The molecule has 2 heterocycles. The lowest BCUT2D eigenvalue weighted by Gasteiger charge is -2.36. The molecule has 1 fully saturated rings. The number of urea groups is 1. The predicted octanol–water partition coefficient (Wildman–Crippen LogP) is 4.27. The van der Waals surface area contributed by atoms with E-state index in [0.717, 1.165) is 57.4 Å². The summed E-state index contributed by atoms with van der Waals surface area (Å²) < 4.78 is 20.0. The molecule has 1 saturated carbocycles. The molecule has 1 aromatic heterocycles. The molecule has 9 heteroatoms. The molecule has 1 aliphatic carbocycles. The van der Waals surface area contributed by atoms with Gasteiger partial charge in [0, 0.05) is 24.3 Å². The summed E-state index contributed by atoms with van der Waals surface area (Å²) in [5.74, 6) is 0.719. The van der Waals surface area contributed by atoms with E-state index in [1.165, 1.54) is 12.0 Å². The molecular formula is C24H33FN6O2. The van der Waals surface area contributed by atoms with Gasteiger partial charge in [0.2, 0.25) is 5.95 Å². The minimum atomic E-state index is -0.545. The first-order valence-corrected chi connectivity index (χ1v) is 11.8. The number of nitrogens with one attached hydrogen (secondary N) is 1. The minimum Gasteiger partial charge on any atom is -0.494 e. The zero-order chi connectivity index (χ0) is 23.4. The van der Waals surface area contributed by atoms with Gasteiger partial charge in [-0.2, -0.15) is 4.98 Å². The van der Waals surface area contributed by atoms with E-state index < -0.39 is 5.82 Å². The third kappa shape index (κ3) is 5.03. The Hall–Kier alpha value is -2.94. The highest BCUT2D eigenvalue weighted by atomic mass is 19.1. The average Bonchev–Trinajstić information content (AvgIpc) is 3.66. The van der Waals surface area contributed by atoms with Crippen LogP contribution in [0.15, 0.2) is 24.4 Å². The van der Waals surface area contributed by atoms with Gasteiger partial charge < -0.3 is 15.0 Å². The van der Waals surface area contributed by atoms with Gasteiger partial charge in [-0.3, -0.25) is 9.80 Å². The Morgan fingerprint density at radius 3 is 2.73 bits per heavy atom. The highest BCUT2D eigenvalue weighted by molar-refractivity contribution is 6.06. The molecule has 178 valence electrons. The Bertz CT molecular complexity index is 979. The molecule has 1 N–H and O–H groups in total. The van der Waals surface area contributed by atoms with Gasteiger partial charge in [0.15, 0.2) is 11.6 Å². The third-order valence-electron chi connectivity index (χ3n) is 6.28. The van der Waals surface area contributed by atoms with Crippen molar-refractivity contribution in [2.75, 3.05) is 48.4 Å². The molecule has 0 spiro atoms. The Kier molecular flexibility index (Phi) is 7.27. The average molecular weight is 457 g/mol. The van der Waals surface area contributed by atoms with Crippen molar-refractivity contribution >= 4 is 23.5 Å². The summed E-state index contributed by atoms with van der Waals surface area (Å²) in [6.07, 6.45) is 5.70. The molecule has 4 rings (SSSR count). The van der Waals surface area contributed by atoms with E-state index in [2.05, 4.69) is 34.0 Å². The molecule has 8 nitrogen and oxygen atoms in total. The Morgan fingerprint density at radius 2 is 2.03 bits per heavy atom. The molecular weight excluding hydrogens is 423 g/mol. The number of benzene rings is 1. The lowest BCUT2D eigenvalue weighted by atomic mass is 10.1. The zero-order valence-electron chi connectivity index (χ0n) is 19.7. The van der Waals surface area contributed by atoms with Crippen molar-refractivity contribution in [1.29, 1.82) is 0 Å². The van der Waals surface area contributed by atoms with E-state index in [4.69, 9.17) is 4.74 Å². The third-order valence-corrected chi connectivity index (χ3v) is 6.28. The van der Waals surface area contributed by atoms with E-state index >= 15 is 0 Å². The Balaban J connectivity index is 1.49. The highest BCUT2D eigenvalue weighted by Crippen LogP contribution is 2.40. The first-order valence-electron chi connectivity index (χ1n) is 11.8. The fraction of sp³-hybridized carbons (Fsp3) is 0.542. The van der Waals surface area contributed by atoms with Crippen molar-refractivity contribution < 1.29 is 13.9 Å². The number of rotatable bonds is 11. The summed E-state index contributed by atoms with van der Waals surface area (Å²) in [6.45, 7) is 8.57. The molecule has 33 heavy (non-hydrogen) atoms. The number of methoxy groups -OCH3 is 1. The Labute approximate surface area is 194 Å². The van der Waals surface area contributed by atoms with Crippen molar-refractivity contribution in [1.82, 2.24) is 14.9 Å². The maximum Gasteiger partial charge on any atom is 0.330 e. The number of ether oxygens (including phenoxy) is 1. The van der Waals surface area contributed by atoms with Crippen LogP contribution in [0, 0.1) is 5.82 Å². The van der Waals surface area contributed by atoms with Crippen LogP contribution in [-0.4, -0.2) is 60.2 Å². The van der Waals surface area contributed by atoms with Crippen LogP contribution in [0.5, 0.6) is 5.75 Å². The van der Waals surface area contributed by atoms with Crippen LogP contribution in [0.1, 0.15) is 45.1 Å². The van der Waals surface area contributed by atoms with Crippen LogP contribution in [-0.2, 0) is 6.54 Å². The van der Waals surface area contributed by atoms with E-state index in [1.807, 2.05) is 0 Å². The number of hydrogen-bond acceptors (Lipinski definition) is 6. The van der Waals surface area contributed by atoms with E-state index in [0.29, 0.717) is 11.8 Å². The van der Waals surface area contributed by atoms with Crippen molar-refractivity contribution in [2.24, 2.45) is 0 Å². The Morgan fingerprint density at radius 1 is 1.24 bits per heavy atom. The number of aromatic nitrogens is 2. The molecule has 0 unspecified atom stereocenters.